The Morgan fingerprint density at radius 3 is 1.13 bits per heavy atom. The van der Waals surface area contributed by atoms with Gasteiger partial charge in [0, 0.05) is 44.2 Å². The van der Waals surface area contributed by atoms with Gasteiger partial charge in [-0.15, -0.1) is 0 Å². The second-order valence-electron chi connectivity index (χ2n) is 25.2. The summed E-state index contributed by atoms with van der Waals surface area (Å²) in [6.45, 7) is 0. The Balaban J connectivity index is 0.743. The standard InChI is InChI=1S/C90H62N4OSSi2/c1-7-23-71(24-8-1)97(72-25-9-2-10-26-72,73-27-11-3-12-28-73)77-53-43-65(44-54-77)63-39-48-68(49-40-63)93(69-50-41-64(42-51-69)66-45-55-78(56-46-66)98(74-29-13-4-14-30-74,75-31-15-5-16-32-75)76-33-17-6-18-34-76)85-59-58-79(89-90(85)92-96-91-89)67-47-57-81-80-35-19-21-37-84(80)94(86(81)61-67)70-52-60-88-83(62-70)82-36-20-22-38-87(82)95-88/h1-62H. The predicted octanol–water partition coefficient (Wildman–Crippen LogP) is 17.9. The largest absolute Gasteiger partial charge is 0.456 e. The molecule has 8 heteroatoms. The molecule has 98 heavy (non-hydrogen) atoms. The lowest BCUT2D eigenvalue weighted by Crippen LogP contribution is -2.74. The molecule has 0 amide bonds. The summed E-state index contributed by atoms with van der Waals surface area (Å²) >= 11 is 1.25. The van der Waals surface area contributed by atoms with Crippen molar-refractivity contribution in [2.45, 2.75) is 0 Å². The average molecular weight is 1300 g/mol. The minimum absolute atomic E-state index is 0.829. The summed E-state index contributed by atoms with van der Waals surface area (Å²) in [7, 11) is -5.42. The van der Waals surface area contributed by atoms with E-state index < -0.39 is 16.1 Å². The van der Waals surface area contributed by atoms with E-state index in [2.05, 4.69) is 373 Å². The first-order valence-electron chi connectivity index (χ1n) is 33.4. The fourth-order valence-electron chi connectivity index (χ4n) is 15.5. The van der Waals surface area contributed by atoms with Crippen LogP contribution in [0.1, 0.15) is 0 Å². The van der Waals surface area contributed by atoms with Crippen LogP contribution >= 0.6 is 11.7 Å². The van der Waals surface area contributed by atoms with E-state index in [0.717, 1.165) is 100 Å². The number of hydrogen-bond acceptors (Lipinski definition) is 5. The van der Waals surface area contributed by atoms with Gasteiger partial charge in [0.1, 0.15) is 22.2 Å². The number of anilines is 3. The van der Waals surface area contributed by atoms with Crippen molar-refractivity contribution in [3.05, 3.63) is 376 Å². The van der Waals surface area contributed by atoms with E-state index in [1.807, 2.05) is 12.1 Å². The number of furan rings is 1. The van der Waals surface area contributed by atoms with E-state index in [0.29, 0.717) is 0 Å². The summed E-state index contributed by atoms with van der Waals surface area (Å²) in [6.07, 6.45) is 0. The first-order valence-corrected chi connectivity index (χ1v) is 38.1. The monoisotopic (exact) mass is 1300 g/mol. The van der Waals surface area contributed by atoms with Gasteiger partial charge in [-0.1, -0.05) is 303 Å². The predicted molar refractivity (Wildman–Crippen MR) is 417 cm³/mol. The number of rotatable bonds is 15. The molecule has 3 heterocycles. The number of fused-ring (bicyclic) bond motifs is 7. The van der Waals surface area contributed by atoms with Crippen LogP contribution < -0.4 is 46.4 Å². The van der Waals surface area contributed by atoms with Crippen LogP contribution in [-0.2, 0) is 0 Å². The minimum Gasteiger partial charge on any atom is -0.456 e. The van der Waals surface area contributed by atoms with Gasteiger partial charge in [-0.25, -0.2) is 0 Å². The first-order chi connectivity index (χ1) is 48.6. The summed E-state index contributed by atoms with van der Waals surface area (Å²) in [5, 5.41) is 15.4. The van der Waals surface area contributed by atoms with Gasteiger partial charge in [0.2, 0.25) is 0 Å². The Hall–Kier alpha value is -12.0. The maximum absolute atomic E-state index is 6.31. The van der Waals surface area contributed by atoms with Crippen molar-refractivity contribution in [3.63, 3.8) is 0 Å². The first kappa shape index (κ1) is 58.5. The lowest BCUT2D eigenvalue weighted by Gasteiger charge is -2.34. The summed E-state index contributed by atoms with van der Waals surface area (Å²) in [6, 6.07) is 138. The summed E-state index contributed by atoms with van der Waals surface area (Å²) in [5.74, 6) is 0. The maximum Gasteiger partial charge on any atom is 0.179 e. The lowest BCUT2D eigenvalue weighted by molar-refractivity contribution is 0.669. The molecule has 462 valence electrons. The van der Waals surface area contributed by atoms with Gasteiger partial charge in [-0.05, 0) is 142 Å². The van der Waals surface area contributed by atoms with E-state index in [1.165, 1.54) is 64.0 Å². The third-order valence-electron chi connectivity index (χ3n) is 20.0. The van der Waals surface area contributed by atoms with Crippen molar-refractivity contribution in [1.29, 1.82) is 0 Å². The second kappa shape index (κ2) is 24.6. The Labute approximate surface area is 575 Å². The SMILES string of the molecule is c1ccc([Si](c2ccccc2)(c2ccccc2)c2ccc(-c3ccc(N(c4ccc(-c5ccc([Si](c6ccccc6)(c6ccccc6)c6ccccc6)cc5)cc4)c4ccc(-c5ccc6c7ccccc7n(-c7ccc8oc9ccccc9c8c7)c6c5)c5nsnc45)cc3)cc2)cc1. The van der Waals surface area contributed by atoms with Crippen LogP contribution in [0.2, 0.25) is 0 Å². The van der Waals surface area contributed by atoms with Gasteiger partial charge in [-0.2, -0.15) is 8.75 Å². The quantitative estimate of drug-likeness (QED) is 0.0758. The van der Waals surface area contributed by atoms with Crippen LogP contribution in [0, 0.1) is 0 Å². The fraction of sp³-hybridized carbons (Fsp3) is 0. The van der Waals surface area contributed by atoms with Gasteiger partial charge < -0.3 is 13.9 Å². The van der Waals surface area contributed by atoms with Gasteiger partial charge in [0.15, 0.2) is 16.1 Å². The van der Waals surface area contributed by atoms with E-state index in [9.17, 15) is 0 Å². The van der Waals surface area contributed by atoms with E-state index in [-0.39, 0.29) is 0 Å². The number of aromatic nitrogens is 3. The van der Waals surface area contributed by atoms with Gasteiger partial charge >= 0.3 is 0 Å². The highest BCUT2D eigenvalue weighted by Gasteiger charge is 2.43. The highest BCUT2D eigenvalue weighted by atomic mass is 32.1. The molecule has 0 spiro atoms. The summed E-state index contributed by atoms with van der Waals surface area (Å²) < 4.78 is 19.0. The van der Waals surface area contributed by atoms with Crippen LogP contribution in [0.4, 0.5) is 17.1 Å². The summed E-state index contributed by atoms with van der Waals surface area (Å²) in [4.78, 5) is 2.35. The maximum atomic E-state index is 6.31. The van der Waals surface area contributed by atoms with Crippen LogP contribution in [-0.4, -0.2) is 29.5 Å². The molecule has 0 aliphatic carbocycles. The topological polar surface area (TPSA) is 47.1 Å². The number of benzene rings is 15. The molecule has 0 radical (unpaired) electrons. The molecule has 5 nitrogen and oxygen atoms in total. The Morgan fingerprint density at radius 1 is 0.276 bits per heavy atom. The molecule has 18 rings (SSSR count). The van der Waals surface area contributed by atoms with Crippen LogP contribution in [0.25, 0.3) is 93.8 Å². The Bertz CT molecular complexity index is 5480. The molecule has 0 aliphatic heterocycles. The van der Waals surface area contributed by atoms with E-state index >= 15 is 0 Å². The zero-order valence-corrected chi connectivity index (χ0v) is 56.2. The van der Waals surface area contributed by atoms with E-state index in [4.69, 9.17) is 13.2 Å². The molecular weight excluding hydrogens is 1240 g/mol. The highest BCUT2D eigenvalue weighted by Crippen LogP contribution is 2.44. The van der Waals surface area contributed by atoms with Crippen LogP contribution in [0.3, 0.4) is 0 Å². The number of nitrogens with zero attached hydrogens (tertiary/aromatic N) is 4. The van der Waals surface area contributed by atoms with E-state index in [1.54, 1.807) is 0 Å². The zero-order chi connectivity index (χ0) is 65.0. The van der Waals surface area contributed by atoms with Gasteiger partial charge in [-0.3, -0.25) is 0 Å². The molecule has 15 aromatic carbocycles. The van der Waals surface area contributed by atoms with Crippen molar-refractivity contribution in [3.8, 4) is 39.1 Å². The molecule has 0 bridgehead atoms. The minimum atomic E-state index is -2.71. The van der Waals surface area contributed by atoms with Crippen molar-refractivity contribution in [1.82, 2.24) is 13.3 Å². The molecule has 0 unspecified atom stereocenters. The molecule has 0 N–H and O–H groups in total. The van der Waals surface area contributed by atoms with Crippen molar-refractivity contribution < 1.29 is 4.42 Å². The highest BCUT2D eigenvalue weighted by molar-refractivity contribution is 7.20. The fourth-order valence-corrected chi connectivity index (χ4v) is 25.6. The molecule has 0 saturated carbocycles. The zero-order valence-electron chi connectivity index (χ0n) is 53.4. The number of para-hydroxylation sites is 2. The van der Waals surface area contributed by atoms with Crippen LogP contribution in [0.5, 0.6) is 0 Å². The molecular formula is C90H62N4OSSi2. The lowest BCUT2D eigenvalue weighted by atomic mass is 10.00. The second-order valence-corrected chi connectivity index (χ2v) is 33.4. The molecule has 3 aromatic heterocycles. The molecule has 18 aromatic rings. The third-order valence-corrected chi connectivity index (χ3v) is 30.2. The van der Waals surface area contributed by atoms with Crippen molar-refractivity contribution in [2.75, 3.05) is 4.90 Å². The molecule has 0 atom stereocenters. The summed E-state index contributed by atoms with van der Waals surface area (Å²) in [5.41, 5.74) is 16.3. The van der Waals surface area contributed by atoms with Crippen LogP contribution in [0.15, 0.2) is 381 Å². The Kier molecular flexibility index (Phi) is 14.7. The van der Waals surface area contributed by atoms with Gasteiger partial charge in [0.05, 0.1) is 28.4 Å². The third kappa shape index (κ3) is 9.79. The van der Waals surface area contributed by atoms with Crippen molar-refractivity contribution >= 4 is 141 Å². The molecule has 0 saturated heterocycles. The Morgan fingerprint density at radius 2 is 0.653 bits per heavy atom. The average Bonchev–Trinajstić information content (AvgIpc) is 1.04. The number of hydrogen-bond donors (Lipinski definition) is 0. The smallest absolute Gasteiger partial charge is 0.179 e. The molecule has 0 aliphatic rings. The van der Waals surface area contributed by atoms with Crippen molar-refractivity contribution in [2.24, 2.45) is 0 Å². The van der Waals surface area contributed by atoms with Gasteiger partial charge in [0.25, 0.3) is 0 Å². The normalized spacial score (nSPS) is 11.9. The molecule has 0 fully saturated rings.